The highest BCUT2D eigenvalue weighted by Gasteiger charge is 2.70. The molecule has 2 aromatic carbocycles. The van der Waals surface area contributed by atoms with Crippen molar-refractivity contribution in [1.82, 2.24) is 0 Å². The Kier molecular flexibility index (Phi) is 8.36. The largest absolute Gasteiger partial charge is 0.438 e. The molecule has 0 bridgehead atoms. The van der Waals surface area contributed by atoms with E-state index >= 15 is 0 Å². The number of aliphatic hydroxyl groups excluding tert-OH is 1. The lowest BCUT2D eigenvalue weighted by Crippen LogP contribution is -2.55. The zero-order valence-corrected chi connectivity index (χ0v) is 17.5. The lowest BCUT2D eigenvalue weighted by atomic mass is 9.97. The van der Waals surface area contributed by atoms with E-state index < -0.39 is 24.2 Å². The number of rotatable bonds is 6. The molecule has 0 atom stereocenters. The Labute approximate surface area is 187 Å². The normalized spacial score (nSPS) is 13.1. The predicted octanol–water partition coefficient (Wildman–Crippen LogP) is 5.11. The summed E-state index contributed by atoms with van der Waals surface area (Å²) in [5.41, 5.74) is -1.92. The van der Waals surface area contributed by atoms with Gasteiger partial charge in [-0.3, -0.25) is 0 Å². The van der Waals surface area contributed by atoms with E-state index in [2.05, 4.69) is 0 Å². The summed E-state index contributed by atoms with van der Waals surface area (Å²) >= 11 is 0. The molecule has 0 fully saturated rings. The highest BCUT2D eigenvalue weighted by atomic mass is 19.4. The molecular weight excluding hydrogens is 450 g/mol. The quantitative estimate of drug-likeness (QED) is 0.311. The second-order valence-corrected chi connectivity index (χ2v) is 7.31. The molecule has 0 unspecified atom stereocenters. The summed E-state index contributed by atoms with van der Waals surface area (Å²) < 4.78 is 76.5. The molecule has 2 rings (SSSR count). The molecule has 0 aromatic heterocycles. The first-order valence-corrected chi connectivity index (χ1v) is 9.90. The van der Waals surface area contributed by atoms with Crippen LogP contribution in [0.1, 0.15) is 41.9 Å². The van der Waals surface area contributed by atoms with E-state index in [0.717, 1.165) is 23.1 Å². The number of hydrogen-bond donors (Lipinski definition) is 3. The Morgan fingerprint density at radius 3 is 2.00 bits per heavy atom. The average molecular weight is 472 g/mol. The third-order valence-corrected chi connectivity index (χ3v) is 4.98. The molecule has 0 spiro atoms. The number of halogens is 6. The van der Waals surface area contributed by atoms with Gasteiger partial charge in [-0.1, -0.05) is 61.4 Å². The minimum atomic E-state index is -5.99. The molecule has 3 N–H and O–H groups in total. The van der Waals surface area contributed by atoms with Crippen molar-refractivity contribution in [3.63, 3.8) is 0 Å². The number of allylic oxidation sites excluding steroid dienone is 2. The zero-order valence-electron chi connectivity index (χ0n) is 17.5. The minimum Gasteiger partial charge on any atom is -0.364 e. The Balaban J connectivity index is 2.22. The zero-order chi connectivity index (χ0) is 24.9. The summed E-state index contributed by atoms with van der Waals surface area (Å²) in [7, 11) is 0. The summed E-state index contributed by atoms with van der Waals surface area (Å²) in [6.07, 6.45) is -11.1. The van der Waals surface area contributed by atoms with Gasteiger partial charge in [-0.05, 0) is 53.5 Å². The lowest BCUT2D eigenvalue weighted by molar-refractivity contribution is -0.343. The van der Waals surface area contributed by atoms with Gasteiger partial charge in [-0.25, -0.2) is 0 Å². The van der Waals surface area contributed by atoms with Crippen LogP contribution in [-0.4, -0.2) is 33.3 Å². The van der Waals surface area contributed by atoms with Gasteiger partial charge in [-0.15, -0.1) is 0 Å². The second-order valence-electron chi connectivity index (χ2n) is 7.31. The standard InChI is InChI=1S/C24H22F6O3/c1-2-18(7-4-14-22(33,23(25,26)27)24(28,29)30)20-6-3-5-17(15-20)9-8-16-10-12-19(13-11-16)21(31)32/h3,5-7,10-13,15,21,31-33H,2,8-9H2,1H3. The van der Waals surface area contributed by atoms with E-state index in [1.54, 1.807) is 55.3 Å². The molecule has 3 nitrogen and oxygen atoms in total. The molecule has 0 radical (unpaired) electrons. The Morgan fingerprint density at radius 1 is 0.909 bits per heavy atom. The molecule has 0 saturated carbocycles. The van der Waals surface area contributed by atoms with Crippen molar-refractivity contribution < 1.29 is 41.7 Å². The smallest absolute Gasteiger partial charge is 0.364 e. The van der Waals surface area contributed by atoms with Crippen LogP contribution in [0.3, 0.4) is 0 Å². The predicted molar refractivity (Wildman–Crippen MR) is 111 cm³/mol. The maximum Gasteiger partial charge on any atom is 0.438 e. The van der Waals surface area contributed by atoms with Crippen LogP contribution < -0.4 is 0 Å². The Hall–Kier alpha value is -2.80. The molecule has 0 heterocycles. The number of hydrogen-bond acceptors (Lipinski definition) is 3. The highest BCUT2D eigenvalue weighted by Crippen LogP contribution is 2.42. The first-order valence-electron chi connectivity index (χ1n) is 9.90. The van der Waals surface area contributed by atoms with Crippen molar-refractivity contribution in [2.45, 2.75) is 50.4 Å². The van der Waals surface area contributed by atoms with Crippen LogP contribution in [0.5, 0.6) is 0 Å². The van der Waals surface area contributed by atoms with Crippen LogP contribution >= 0.6 is 0 Å². The first-order chi connectivity index (χ1) is 15.3. The molecule has 0 amide bonds. The van der Waals surface area contributed by atoms with Gasteiger partial charge >= 0.3 is 18.0 Å². The van der Waals surface area contributed by atoms with Gasteiger partial charge in [0.2, 0.25) is 0 Å². The SMILES string of the molecule is CCC(=CC#CC(O)(C(F)(F)F)C(F)(F)F)c1cccc(CCc2ccc(C(O)O)cc2)c1. The summed E-state index contributed by atoms with van der Waals surface area (Å²) in [5, 5.41) is 27.4. The summed E-state index contributed by atoms with van der Waals surface area (Å²) in [4.78, 5) is 0. The summed E-state index contributed by atoms with van der Waals surface area (Å²) in [5.74, 6) is 2.67. The second kappa shape index (κ2) is 10.4. The fourth-order valence-corrected chi connectivity index (χ4v) is 2.99. The van der Waals surface area contributed by atoms with Crippen LogP contribution in [0.2, 0.25) is 0 Å². The molecule has 0 aliphatic rings. The number of aliphatic hydroxyl groups is 3. The van der Waals surface area contributed by atoms with Crippen LogP contribution in [0.15, 0.2) is 54.6 Å². The van der Waals surface area contributed by atoms with Crippen molar-refractivity contribution in [1.29, 1.82) is 0 Å². The monoisotopic (exact) mass is 472 g/mol. The molecule has 178 valence electrons. The van der Waals surface area contributed by atoms with E-state index in [4.69, 9.17) is 15.3 Å². The topological polar surface area (TPSA) is 60.7 Å². The van der Waals surface area contributed by atoms with Gasteiger partial charge in [0.15, 0.2) is 6.29 Å². The number of aryl methyl sites for hydroxylation is 2. The molecule has 0 saturated heterocycles. The molecule has 9 heteroatoms. The van der Waals surface area contributed by atoms with Gasteiger partial charge in [-0.2, -0.15) is 26.3 Å². The van der Waals surface area contributed by atoms with Crippen molar-refractivity contribution in [3.8, 4) is 11.8 Å². The molecule has 33 heavy (non-hydrogen) atoms. The summed E-state index contributed by atoms with van der Waals surface area (Å²) in [6, 6.07) is 13.7. The van der Waals surface area contributed by atoms with Crippen molar-refractivity contribution >= 4 is 5.57 Å². The van der Waals surface area contributed by atoms with Crippen LogP contribution in [0.25, 0.3) is 5.57 Å². The van der Waals surface area contributed by atoms with Gasteiger partial charge in [0, 0.05) is 5.56 Å². The highest BCUT2D eigenvalue weighted by molar-refractivity contribution is 5.68. The van der Waals surface area contributed by atoms with Gasteiger partial charge in [0.1, 0.15) is 0 Å². The molecule has 0 aliphatic heterocycles. The molecule has 0 aliphatic carbocycles. The van der Waals surface area contributed by atoms with E-state index in [1.807, 2.05) is 6.07 Å². The van der Waals surface area contributed by atoms with Gasteiger partial charge in [0.25, 0.3) is 0 Å². The van der Waals surface area contributed by atoms with E-state index in [0.29, 0.717) is 36.0 Å². The van der Waals surface area contributed by atoms with Crippen LogP contribution in [0, 0.1) is 11.8 Å². The van der Waals surface area contributed by atoms with Gasteiger partial charge < -0.3 is 15.3 Å². The third kappa shape index (κ3) is 6.60. The lowest BCUT2D eigenvalue weighted by Gasteiger charge is -2.27. The first kappa shape index (κ1) is 26.5. The minimum absolute atomic E-state index is 0.291. The molecule has 2 aromatic rings. The van der Waals surface area contributed by atoms with Crippen molar-refractivity contribution in [3.05, 3.63) is 76.9 Å². The Bertz CT molecular complexity index is 1010. The van der Waals surface area contributed by atoms with Crippen LogP contribution in [0.4, 0.5) is 26.3 Å². The fraction of sp³-hybridized carbons (Fsp3) is 0.333. The van der Waals surface area contributed by atoms with Gasteiger partial charge in [0.05, 0.1) is 0 Å². The maximum absolute atomic E-state index is 12.8. The molecular formula is C24H22F6O3. The van der Waals surface area contributed by atoms with E-state index in [-0.39, 0.29) is 0 Å². The summed E-state index contributed by atoms with van der Waals surface area (Å²) in [6.45, 7) is 1.68. The van der Waals surface area contributed by atoms with Crippen molar-refractivity contribution in [2.24, 2.45) is 0 Å². The fourth-order valence-electron chi connectivity index (χ4n) is 2.99. The van der Waals surface area contributed by atoms with Crippen LogP contribution in [-0.2, 0) is 12.8 Å². The van der Waals surface area contributed by atoms with E-state index in [1.165, 1.54) is 0 Å². The van der Waals surface area contributed by atoms with Crippen molar-refractivity contribution in [2.75, 3.05) is 0 Å². The Morgan fingerprint density at radius 2 is 1.48 bits per heavy atom. The average Bonchev–Trinajstić information content (AvgIpc) is 2.74. The number of alkyl halides is 6. The maximum atomic E-state index is 12.8. The number of benzene rings is 2. The third-order valence-electron chi connectivity index (χ3n) is 4.98. The van der Waals surface area contributed by atoms with E-state index in [9.17, 15) is 26.3 Å².